The smallest absolute Gasteiger partial charge is 0.249 e. The van der Waals surface area contributed by atoms with Gasteiger partial charge < -0.3 is 20.6 Å². The lowest BCUT2D eigenvalue weighted by atomic mass is 10.0. The third kappa shape index (κ3) is 36.7. The summed E-state index contributed by atoms with van der Waals surface area (Å²) < 4.78 is 0. The summed E-state index contributed by atoms with van der Waals surface area (Å²) in [4.78, 5) is 12.5. The monoisotopic (exact) mass is 730 g/mol. The fourth-order valence-corrected chi connectivity index (χ4v) is 6.56. The Morgan fingerprint density at radius 1 is 0.462 bits per heavy atom. The Hall–Kier alpha value is -1.69. The lowest BCUT2D eigenvalue weighted by Gasteiger charge is -2.21. The molecule has 0 heterocycles. The minimum atomic E-state index is -1.11. The van der Waals surface area contributed by atoms with Gasteiger partial charge in [-0.1, -0.05) is 197 Å². The predicted octanol–water partition coefficient (Wildman–Crippen LogP) is 12.9. The molecular weight excluding hydrogens is 643 g/mol. The zero-order valence-electron chi connectivity index (χ0n) is 34.4. The average molecular weight is 730 g/mol. The summed E-state index contributed by atoms with van der Waals surface area (Å²) in [6.45, 7) is 4.16. The highest BCUT2D eigenvalue weighted by molar-refractivity contribution is 5.80. The summed E-state index contributed by atoms with van der Waals surface area (Å²) in [6, 6.07) is -0.824. The first kappa shape index (κ1) is 50.3. The molecule has 0 radical (unpaired) electrons. The lowest BCUT2D eigenvalue weighted by Crippen LogP contribution is -2.48. The third-order valence-corrected chi connectivity index (χ3v) is 10.1. The molecular formula is C47H87NO4. The van der Waals surface area contributed by atoms with E-state index in [2.05, 4.69) is 55.6 Å². The highest BCUT2D eigenvalue weighted by Crippen LogP contribution is 2.14. The molecule has 0 saturated heterocycles. The van der Waals surface area contributed by atoms with Crippen LogP contribution in [0.5, 0.6) is 0 Å². The number of carbonyl (C=O) groups is 1. The van der Waals surface area contributed by atoms with Crippen molar-refractivity contribution in [3.63, 3.8) is 0 Å². The topological polar surface area (TPSA) is 89.8 Å². The number of nitrogens with one attached hydrogen (secondary N) is 1. The van der Waals surface area contributed by atoms with Crippen LogP contribution in [0, 0.1) is 0 Å². The normalized spacial score (nSPS) is 14.0. The van der Waals surface area contributed by atoms with E-state index in [1.807, 2.05) is 6.08 Å². The first-order chi connectivity index (χ1) is 25.6. The molecule has 52 heavy (non-hydrogen) atoms. The Labute approximate surface area is 323 Å². The van der Waals surface area contributed by atoms with Crippen molar-refractivity contribution in [3.05, 3.63) is 48.6 Å². The summed E-state index contributed by atoms with van der Waals surface area (Å²) in [7, 11) is 0. The molecule has 1 amide bonds. The number of amides is 1. The van der Waals surface area contributed by atoms with E-state index in [0.717, 1.165) is 51.4 Å². The molecule has 0 aromatic carbocycles. The molecule has 304 valence electrons. The van der Waals surface area contributed by atoms with E-state index < -0.39 is 24.2 Å². The van der Waals surface area contributed by atoms with E-state index in [9.17, 15) is 20.1 Å². The van der Waals surface area contributed by atoms with Gasteiger partial charge in [0.05, 0.1) is 18.8 Å². The van der Waals surface area contributed by atoms with E-state index in [1.165, 1.54) is 148 Å². The molecule has 3 atom stereocenters. The Bertz CT molecular complexity index is 850. The summed E-state index contributed by atoms with van der Waals surface area (Å²) in [5.41, 5.74) is 0. The van der Waals surface area contributed by atoms with E-state index in [-0.39, 0.29) is 6.61 Å². The summed E-state index contributed by atoms with van der Waals surface area (Å²) in [5, 5.41) is 33.1. The van der Waals surface area contributed by atoms with Crippen LogP contribution in [-0.4, -0.2) is 46.1 Å². The highest BCUT2D eigenvalue weighted by Gasteiger charge is 2.22. The summed E-state index contributed by atoms with van der Waals surface area (Å²) >= 11 is 0. The zero-order valence-corrected chi connectivity index (χ0v) is 34.4. The maximum absolute atomic E-state index is 12.5. The van der Waals surface area contributed by atoms with Crippen molar-refractivity contribution >= 4 is 5.91 Å². The molecule has 0 aliphatic rings. The molecule has 0 aromatic heterocycles. The third-order valence-electron chi connectivity index (χ3n) is 10.1. The highest BCUT2D eigenvalue weighted by atomic mass is 16.3. The average Bonchev–Trinajstić information content (AvgIpc) is 3.15. The fraction of sp³-hybridized carbons (Fsp3) is 0.809. The van der Waals surface area contributed by atoms with Crippen LogP contribution < -0.4 is 5.32 Å². The van der Waals surface area contributed by atoms with Crippen LogP contribution in [-0.2, 0) is 4.79 Å². The molecule has 3 unspecified atom stereocenters. The second-order valence-corrected chi connectivity index (χ2v) is 15.2. The number of allylic oxidation sites excluding steroid dienone is 7. The Kier molecular flexibility index (Phi) is 40.7. The van der Waals surface area contributed by atoms with Crippen molar-refractivity contribution in [2.24, 2.45) is 0 Å². The molecule has 5 heteroatoms. The summed E-state index contributed by atoms with van der Waals surface area (Å²) in [5.74, 6) is -0.522. The number of carbonyl (C=O) groups excluding carboxylic acids is 1. The quantitative estimate of drug-likeness (QED) is 0.0373. The van der Waals surface area contributed by atoms with Gasteiger partial charge in [-0.2, -0.15) is 0 Å². The summed E-state index contributed by atoms with van der Waals surface area (Å²) in [6.07, 6.45) is 54.3. The van der Waals surface area contributed by atoms with Gasteiger partial charge in [-0.3, -0.25) is 4.79 Å². The first-order valence-corrected chi connectivity index (χ1v) is 22.5. The second kappa shape index (κ2) is 42.1. The van der Waals surface area contributed by atoms with E-state index in [4.69, 9.17) is 0 Å². The minimum Gasteiger partial charge on any atom is -0.394 e. The lowest BCUT2D eigenvalue weighted by molar-refractivity contribution is -0.131. The van der Waals surface area contributed by atoms with Crippen LogP contribution >= 0.6 is 0 Å². The molecule has 5 nitrogen and oxygen atoms in total. The standard InChI is InChI=1S/C47H87NO4/c1-3-5-7-9-11-13-15-17-19-21-23-24-26-27-29-31-33-35-37-39-41-45(50)44(43-49)48-47(52)46(51)42-40-38-36-34-32-30-28-25-22-20-18-16-14-12-10-8-6-4-2/h22,24-26,31,33,39,41,44-46,49-51H,3-21,23,27-30,32,34-38,40,42-43H2,1-2H3,(H,48,52)/b25-22-,26-24+,33-31+,41-39+. The molecule has 0 aliphatic carbocycles. The Balaban J connectivity index is 3.76. The fourth-order valence-electron chi connectivity index (χ4n) is 6.56. The van der Waals surface area contributed by atoms with Gasteiger partial charge in [-0.15, -0.1) is 0 Å². The predicted molar refractivity (Wildman–Crippen MR) is 227 cm³/mol. The van der Waals surface area contributed by atoms with Crippen LogP contribution in [0.4, 0.5) is 0 Å². The van der Waals surface area contributed by atoms with Crippen LogP contribution in [0.15, 0.2) is 48.6 Å². The van der Waals surface area contributed by atoms with Gasteiger partial charge in [0.15, 0.2) is 0 Å². The number of aliphatic hydroxyl groups excluding tert-OH is 3. The van der Waals surface area contributed by atoms with Gasteiger partial charge in [0.25, 0.3) is 0 Å². The molecule has 0 aliphatic heterocycles. The van der Waals surface area contributed by atoms with Gasteiger partial charge in [0, 0.05) is 0 Å². The molecule has 0 bridgehead atoms. The number of hydrogen-bond acceptors (Lipinski definition) is 4. The Morgan fingerprint density at radius 3 is 1.17 bits per heavy atom. The maximum atomic E-state index is 12.5. The van der Waals surface area contributed by atoms with Gasteiger partial charge in [-0.05, 0) is 70.6 Å². The molecule has 0 rings (SSSR count). The molecule has 0 spiro atoms. The number of aliphatic hydroxyl groups is 3. The van der Waals surface area contributed by atoms with Gasteiger partial charge in [-0.25, -0.2) is 0 Å². The number of hydrogen-bond donors (Lipinski definition) is 4. The van der Waals surface area contributed by atoms with Crippen LogP contribution in [0.3, 0.4) is 0 Å². The van der Waals surface area contributed by atoms with Crippen molar-refractivity contribution in [2.45, 2.75) is 238 Å². The van der Waals surface area contributed by atoms with Crippen molar-refractivity contribution < 1.29 is 20.1 Å². The second-order valence-electron chi connectivity index (χ2n) is 15.2. The van der Waals surface area contributed by atoms with Crippen molar-refractivity contribution in [1.82, 2.24) is 5.32 Å². The van der Waals surface area contributed by atoms with E-state index in [1.54, 1.807) is 6.08 Å². The van der Waals surface area contributed by atoms with Crippen LogP contribution in [0.1, 0.15) is 219 Å². The van der Waals surface area contributed by atoms with Crippen molar-refractivity contribution in [2.75, 3.05) is 6.61 Å². The van der Waals surface area contributed by atoms with Crippen molar-refractivity contribution in [1.29, 1.82) is 0 Å². The number of rotatable bonds is 40. The SMILES string of the molecule is CCCCCCCCCC/C=C\CCCCCCCCC(O)C(=O)NC(CO)C(O)/C=C/CC/C=C/CC/C=C/CCCCCCCCCCCC. The van der Waals surface area contributed by atoms with Gasteiger partial charge in [0.1, 0.15) is 6.10 Å². The molecule has 0 fully saturated rings. The Morgan fingerprint density at radius 2 is 0.788 bits per heavy atom. The molecule has 0 aromatic rings. The van der Waals surface area contributed by atoms with Crippen molar-refractivity contribution in [3.8, 4) is 0 Å². The van der Waals surface area contributed by atoms with Gasteiger partial charge in [0.2, 0.25) is 5.91 Å². The number of unbranched alkanes of at least 4 members (excludes halogenated alkanes) is 26. The van der Waals surface area contributed by atoms with E-state index >= 15 is 0 Å². The minimum absolute atomic E-state index is 0.384. The van der Waals surface area contributed by atoms with Gasteiger partial charge >= 0.3 is 0 Å². The largest absolute Gasteiger partial charge is 0.394 e. The molecule has 4 N–H and O–H groups in total. The molecule has 0 saturated carbocycles. The maximum Gasteiger partial charge on any atom is 0.249 e. The van der Waals surface area contributed by atoms with Crippen LogP contribution in [0.25, 0.3) is 0 Å². The first-order valence-electron chi connectivity index (χ1n) is 22.5. The van der Waals surface area contributed by atoms with Crippen LogP contribution in [0.2, 0.25) is 0 Å². The zero-order chi connectivity index (χ0) is 38.0. The van der Waals surface area contributed by atoms with E-state index in [0.29, 0.717) is 6.42 Å².